The van der Waals surface area contributed by atoms with E-state index in [4.69, 9.17) is 0 Å². The number of alkyl halides is 2. The highest BCUT2D eigenvalue weighted by Crippen LogP contribution is 2.19. The smallest absolute Gasteiger partial charge is 0.207 e. The van der Waals surface area contributed by atoms with Gasteiger partial charge in [0.05, 0.1) is 0 Å². The third-order valence-electron chi connectivity index (χ3n) is 1.02. The van der Waals surface area contributed by atoms with Crippen LogP contribution in [0.5, 0.6) is 0 Å². The van der Waals surface area contributed by atoms with Gasteiger partial charge in [-0.25, -0.2) is 8.78 Å². The molecule has 0 fully saturated rings. The van der Waals surface area contributed by atoms with Gasteiger partial charge < -0.3 is 0 Å². The van der Waals surface area contributed by atoms with Gasteiger partial charge in [0, 0.05) is 6.42 Å². The summed E-state index contributed by atoms with van der Waals surface area (Å²) in [5, 5.41) is 0. The molecule has 0 aromatic carbocycles. The van der Waals surface area contributed by atoms with Crippen molar-refractivity contribution in [3.8, 4) is 0 Å². The molecule has 0 saturated heterocycles. The summed E-state index contributed by atoms with van der Waals surface area (Å²) in [4.78, 5) is 0. The SMILES string of the molecule is C=CCCCC(C)(F)F. The van der Waals surface area contributed by atoms with Gasteiger partial charge in [-0.15, -0.1) is 6.58 Å². The molecule has 0 amide bonds. The molecule has 0 aliphatic heterocycles. The van der Waals surface area contributed by atoms with Gasteiger partial charge in [0.1, 0.15) is 0 Å². The van der Waals surface area contributed by atoms with Crippen LogP contribution in [-0.2, 0) is 0 Å². The van der Waals surface area contributed by atoms with Crippen molar-refractivity contribution in [1.82, 2.24) is 0 Å². The second-order valence-corrected chi connectivity index (χ2v) is 2.25. The first-order valence-corrected chi connectivity index (χ1v) is 3.05. The van der Waals surface area contributed by atoms with Crippen LogP contribution in [0.15, 0.2) is 12.7 Å². The standard InChI is InChI=1S/C7H12F2/c1-3-4-5-6-7(2,8)9/h3H,1,4-6H2,2H3. The second-order valence-electron chi connectivity index (χ2n) is 2.25. The fourth-order valence-corrected chi connectivity index (χ4v) is 0.557. The number of unbranched alkanes of at least 4 members (excludes halogenated alkanes) is 1. The molecule has 0 N–H and O–H groups in total. The Hall–Kier alpha value is -0.400. The van der Waals surface area contributed by atoms with E-state index in [2.05, 4.69) is 6.58 Å². The van der Waals surface area contributed by atoms with Crippen LogP contribution in [0.25, 0.3) is 0 Å². The molecular formula is C7H12F2. The number of rotatable bonds is 4. The summed E-state index contributed by atoms with van der Waals surface area (Å²) in [5.74, 6) is -2.50. The summed E-state index contributed by atoms with van der Waals surface area (Å²) in [7, 11) is 0. The van der Waals surface area contributed by atoms with Gasteiger partial charge in [0.25, 0.3) is 0 Å². The molecule has 0 aromatic rings. The van der Waals surface area contributed by atoms with Crippen LogP contribution in [0.2, 0.25) is 0 Å². The Balaban J connectivity index is 3.17. The van der Waals surface area contributed by atoms with Gasteiger partial charge >= 0.3 is 0 Å². The number of hydrogen-bond donors (Lipinski definition) is 0. The van der Waals surface area contributed by atoms with Crippen molar-refractivity contribution in [3.63, 3.8) is 0 Å². The van der Waals surface area contributed by atoms with Crippen LogP contribution in [0.1, 0.15) is 26.2 Å². The van der Waals surface area contributed by atoms with Crippen molar-refractivity contribution in [1.29, 1.82) is 0 Å². The maximum Gasteiger partial charge on any atom is 0.245 e. The Bertz CT molecular complexity index is 81.4. The Kier molecular flexibility index (Phi) is 3.43. The number of allylic oxidation sites excluding steroid dienone is 1. The topological polar surface area (TPSA) is 0 Å². The average molecular weight is 134 g/mol. The molecule has 0 aliphatic carbocycles. The fraction of sp³-hybridized carbons (Fsp3) is 0.714. The molecule has 54 valence electrons. The highest BCUT2D eigenvalue weighted by atomic mass is 19.3. The maximum absolute atomic E-state index is 12.0. The quantitative estimate of drug-likeness (QED) is 0.409. The molecule has 0 atom stereocenters. The first-order chi connectivity index (χ1) is 4.06. The monoisotopic (exact) mass is 134 g/mol. The molecule has 0 unspecified atom stereocenters. The molecular weight excluding hydrogens is 122 g/mol. The zero-order valence-electron chi connectivity index (χ0n) is 5.66. The van der Waals surface area contributed by atoms with E-state index in [0.717, 1.165) is 6.92 Å². The summed E-state index contributed by atoms with van der Waals surface area (Å²) in [6.45, 7) is 4.38. The van der Waals surface area contributed by atoms with E-state index >= 15 is 0 Å². The molecule has 0 rings (SSSR count). The Labute approximate surface area is 54.6 Å². The highest BCUT2D eigenvalue weighted by Gasteiger charge is 2.18. The van der Waals surface area contributed by atoms with Crippen LogP contribution in [0, 0.1) is 0 Å². The largest absolute Gasteiger partial charge is 0.245 e. The molecule has 0 heterocycles. The molecule has 0 aliphatic rings. The summed E-state index contributed by atoms with van der Waals surface area (Å²) < 4.78 is 24.0. The number of halogens is 2. The molecule has 9 heavy (non-hydrogen) atoms. The van der Waals surface area contributed by atoms with Crippen LogP contribution < -0.4 is 0 Å². The molecule has 0 nitrogen and oxygen atoms in total. The predicted octanol–water partition coefficient (Wildman–Crippen LogP) is 3.00. The van der Waals surface area contributed by atoms with E-state index in [1.165, 1.54) is 0 Å². The second kappa shape index (κ2) is 3.59. The molecule has 0 bridgehead atoms. The average Bonchev–Trinajstić information content (AvgIpc) is 1.63. The Morgan fingerprint density at radius 3 is 2.44 bits per heavy atom. The van der Waals surface area contributed by atoms with Crippen LogP contribution >= 0.6 is 0 Å². The van der Waals surface area contributed by atoms with Crippen LogP contribution in [0.4, 0.5) is 8.78 Å². The molecule has 0 aromatic heterocycles. The Morgan fingerprint density at radius 2 is 2.11 bits per heavy atom. The van der Waals surface area contributed by atoms with Crippen molar-refractivity contribution >= 4 is 0 Å². The van der Waals surface area contributed by atoms with Gasteiger partial charge in [-0.1, -0.05) is 6.08 Å². The van der Waals surface area contributed by atoms with E-state index in [1.807, 2.05) is 0 Å². The van der Waals surface area contributed by atoms with Gasteiger partial charge in [0.15, 0.2) is 0 Å². The van der Waals surface area contributed by atoms with Crippen LogP contribution in [-0.4, -0.2) is 5.92 Å². The van der Waals surface area contributed by atoms with Gasteiger partial charge in [-0.2, -0.15) is 0 Å². The van der Waals surface area contributed by atoms with Crippen molar-refractivity contribution in [2.24, 2.45) is 0 Å². The molecule has 0 spiro atoms. The van der Waals surface area contributed by atoms with E-state index in [-0.39, 0.29) is 6.42 Å². The highest BCUT2D eigenvalue weighted by molar-refractivity contribution is 4.68. The van der Waals surface area contributed by atoms with Crippen molar-refractivity contribution in [2.45, 2.75) is 32.1 Å². The molecule has 0 radical (unpaired) electrons. The van der Waals surface area contributed by atoms with Crippen molar-refractivity contribution in [2.75, 3.05) is 0 Å². The zero-order valence-corrected chi connectivity index (χ0v) is 5.66. The van der Waals surface area contributed by atoms with Crippen molar-refractivity contribution in [3.05, 3.63) is 12.7 Å². The predicted molar refractivity (Wildman–Crippen MR) is 34.7 cm³/mol. The van der Waals surface area contributed by atoms with E-state index in [1.54, 1.807) is 6.08 Å². The first kappa shape index (κ1) is 8.60. The first-order valence-electron chi connectivity index (χ1n) is 3.05. The third-order valence-corrected chi connectivity index (χ3v) is 1.02. The van der Waals surface area contributed by atoms with Gasteiger partial charge in [-0.05, 0) is 19.8 Å². The van der Waals surface area contributed by atoms with Crippen LogP contribution in [0.3, 0.4) is 0 Å². The lowest BCUT2D eigenvalue weighted by Crippen LogP contribution is -2.08. The summed E-state index contributed by atoms with van der Waals surface area (Å²) >= 11 is 0. The zero-order chi connectivity index (χ0) is 7.33. The van der Waals surface area contributed by atoms with Gasteiger partial charge in [-0.3, -0.25) is 0 Å². The molecule has 2 heteroatoms. The minimum absolute atomic E-state index is 0.0288. The van der Waals surface area contributed by atoms with Gasteiger partial charge in [0.2, 0.25) is 5.92 Å². The summed E-state index contributed by atoms with van der Waals surface area (Å²) in [6.07, 6.45) is 2.85. The van der Waals surface area contributed by atoms with Crippen molar-refractivity contribution < 1.29 is 8.78 Å². The summed E-state index contributed by atoms with van der Waals surface area (Å²) in [5.41, 5.74) is 0. The van der Waals surface area contributed by atoms with E-state index in [0.29, 0.717) is 12.8 Å². The third kappa shape index (κ3) is 7.60. The lowest BCUT2D eigenvalue weighted by atomic mass is 10.2. The van der Waals surface area contributed by atoms with E-state index in [9.17, 15) is 8.78 Å². The minimum atomic E-state index is -2.50. The normalized spacial score (nSPS) is 11.4. The number of hydrogen-bond acceptors (Lipinski definition) is 0. The minimum Gasteiger partial charge on any atom is -0.207 e. The Morgan fingerprint density at radius 1 is 1.56 bits per heavy atom. The maximum atomic E-state index is 12.0. The lowest BCUT2D eigenvalue weighted by molar-refractivity contribution is 0.0113. The summed E-state index contributed by atoms with van der Waals surface area (Å²) in [6, 6.07) is 0. The van der Waals surface area contributed by atoms with E-state index < -0.39 is 5.92 Å². The lowest BCUT2D eigenvalue weighted by Gasteiger charge is -2.07. The molecule has 0 saturated carbocycles. The fourth-order valence-electron chi connectivity index (χ4n) is 0.557.